The molecule has 0 heterocycles. The van der Waals surface area contributed by atoms with Crippen LogP contribution in [-0.2, 0) is 20.7 Å². The highest BCUT2D eigenvalue weighted by molar-refractivity contribution is 5.84. The molecule has 0 saturated heterocycles. The monoisotopic (exact) mass is 298 g/mol. The lowest BCUT2D eigenvalue weighted by Gasteiger charge is -2.16. The van der Waals surface area contributed by atoms with Crippen molar-refractivity contribution in [1.82, 2.24) is 5.32 Å². The van der Waals surface area contributed by atoms with Crippen LogP contribution in [-0.4, -0.2) is 30.0 Å². The van der Waals surface area contributed by atoms with Crippen molar-refractivity contribution in [2.24, 2.45) is 0 Å². The second-order valence-corrected chi connectivity index (χ2v) is 4.24. The zero-order chi connectivity index (χ0) is 16.0. The quantitative estimate of drug-likeness (QED) is 0.485. The summed E-state index contributed by atoms with van der Waals surface area (Å²) in [6, 6.07) is 2.34. The number of nitrogens with one attached hydrogen (secondary N) is 1. The molecular weight excluding hydrogens is 283 g/mol. The van der Waals surface area contributed by atoms with Crippen molar-refractivity contribution in [2.75, 3.05) is 7.11 Å². The third-order valence-corrected chi connectivity index (χ3v) is 2.79. The van der Waals surface area contributed by atoms with Crippen LogP contribution in [0.25, 0.3) is 0 Å². The first-order chi connectivity index (χ1) is 9.88. The van der Waals surface area contributed by atoms with E-state index in [1.165, 1.54) is 13.2 Å². The lowest BCUT2D eigenvalue weighted by atomic mass is 10.0. The summed E-state index contributed by atoms with van der Waals surface area (Å²) in [4.78, 5) is 32.6. The molecule has 1 atom stereocenters. The summed E-state index contributed by atoms with van der Waals surface area (Å²) in [6.45, 7) is 1.62. The van der Waals surface area contributed by atoms with Gasteiger partial charge in [-0.2, -0.15) is 4.39 Å². The van der Waals surface area contributed by atoms with Gasteiger partial charge in [-0.1, -0.05) is 13.0 Å². The Morgan fingerprint density at radius 1 is 1.48 bits per heavy atom. The summed E-state index contributed by atoms with van der Waals surface area (Å²) in [5.74, 6) is -2.02. The molecule has 0 aliphatic heterocycles. The van der Waals surface area contributed by atoms with E-state index in [1.54, 1.807) is 6.92 Å². The molecule has 1 rings (SSSR count). The average molecular weight is 298 g/mol. The highest BCUT2D eigenvalue weighted by atomic mass is 19.1. The summed E-state index contributed by atoms with van der Waals surface area (Å²) in [5.41, 5.74) is -0.309. The van der Waals surface area contributed by atoms with Crippen molar-refractivity contribution in [3.05, 3.63) is 39.7 Å². The number of hydrogen-bond donors (Lipinski definition) is 1. The highest BCUT2D eigenvalue weighted by Crippen LogP contribution is 2.19. The lowest BCUT2D eigenvalue weighted by Crippen LogP contribution is -2.42. The molecule has 0 aromatic heterocycles. The van der Waals surface area contributed by atoms with Gasteiger partial charge in [0.05, 0.1) is 12.0 Å². The Morgan fingerprint density at radius 3 is 2.62 bits per heavy atom. The van der Waals surface area contributed by atoms with Gasteiger partial charge in [0.25, 0.3) is 0 Å². The molecule has 8 heteroatoms. The largest absolute Gasteiger partial charge is 0.467 e. The van der Waals surface area contributed by atoms with E-state index in [1.807, 2.05) is 0 Å². The molecule has 0 aliphatic carbocycles. The van der Waals surface area contributed by atoms with Crippen molar-refractivity contribution in [3.8, 4) is 0 Å². The molecule has 1 N–H and O–H groups in total. The zero-order valence-electron chi connectivity index (χ0n) is 11.6. The number of nitro groups is 1. The Hall–Kier alpha value is -2.51. The highest BCUT2D eigenvalue weighted by Gasteiger charge is 2.23. The fourth-order valence-electron chi connectivity index (χ4n) is 1.69. The number of methoxy groups -OCH3 is 1. The van der Waals surface area contributed by atoms with Gasteiger partial charge >= 0.3 is 11.7 Å². The lowest BCUT2D eigenvalue weighted by molar-refractivity contribution is -0.387. The minimum absolute atomic E-state index is 0.0205. The van der Waals surface area contributed by atoms with Crippen LogP contribution in [0.5, 0.6) is 0 Å². The summed E-state index contributed by atoms with van der Waals surface area (Å²) in [7, 11) is 1.17. The smallest absolute Gasteiger partial charge is 0.328 e. The number of nitrogens with zero attached hydrogens (tertiary/aromatic N) is 1. The Labute approximate surface area is 120 Å². The number of rotatable bonds is 6. The minimum Gasteiger partial charge on any atom is -0.467 e. The van der Waals surface area contributed by atoms with Gasteiger partial charge in [-0.3, -0.25) is 14.9 Å². The van der Waals surface area contributed by atoms with E-state index >= 15 is 0 Å². The maximum Gasteiger partial charge on any atom is 0.328 e. The molecular formula is C13H15FN2O5. The molecule has 0 unspecified atom stereocenters. The number of amides is 1. The molecule has 0 radical (unpaired) electrons. The number of nitro benzene ring substituents is 1. The van der Waals surface area contributed by atoms with Crippen LogP contribution in [0.4, 0.5) is 10.1 Å². The van der Waals surface area contributed by atoms with Gasteiger partial charge in [-0.25, -0.2) is 4.79 Å². The first-order valence-electron chi connectivity index (χ1n) is 6.19. The van der Waals surface area contributed by atoms with Crippen LogP contribution < -0.4 is 5.32 Å². The van der Waals surface area contributed by atoms with Crippen molar-refractivity contribution in [2.45, 2.75) is 25.8 Å². The van der Waals surface area contributed by atoms with E-state index in [-0.39, 0.29) is 18.7 Å². The number of esters is 1. The van der Waals surface area contributed by atoms with Crippen LogP contribution in [0.3, 0.4) is 0 Å². The first-order valence-corrected chi connectivity index (χ1v) is 6.19. The number of halogens is 1. The number of carbonyl (C=O) groups excluding carboxylic acids is 2. The normalized spacial score (nSPS) is 11.6. The third-order valence-electron chi connectivity index (χ3n) is 2.79. The number of ether oxygens (including phenoxy) is 1. The van der Waals surface area contributed by atoms with Crippen molar-refractivity contribution in [1.29, 1.82) is 0 Å². The molecule has 0 spiro atoms. The Kier molecular flexibility index (Phi) is 5.77. The standard InChI is InChI=1S/C13H15FN2O5/c1-3-12(17)15-10(13(18)21-2)7-8-4-5-11(16(19)20)9(14)6-8/h4-6,10H,3,7H2,1-2H3,(H,15,17)/t10-/m1/s1. The second-order valence-electron chi connectivity index (χ2n) is 4.24. The fourth-order valence-corrected chi connectivity index (χ4v) is 1.69. The first kappa shape index (κ1) is 16.5. The summed E-state index contributed by atoms with van der Waals surface area (Å²) >= 11 is 0. The second kappa shape index (κ2) is 7.32. The molecule has 1 amide bonds. The van der Waals surface area contributed by atoms with Gasteiger partial charge in [0.1, 0.15) is 6.04 Å². The van der Waals surface area contributed by atoms with Gasteiger partial charge in [0.15, 0.2) is 0 Å². The molecule has 0 bridgehead atoms. The van der Waals surface area contributed by atoms with Crippen LogP contribution in [0.15, 0.2) is 18.2 Å². The molecule has 0 saturated carbocycles. The zero-order valence-corrected chi connectivity index (χ0v) is 11.6. The molecule has 21 heavy (non-hydrogen) atoms. The average Bonchev–Trinajstić information content (AvgIpc) is 2.45. The molecule has 114 valence electrons. The van der Waals surface area contributed by atoms with E-state index in [4.69, 9.17) is 0 Å². The fraction of sp³-hybridized carbons (Fsp3) is 0.385. The van der Waals surface area contributed by atoms with Crippen molar-refractivity contribution >= 4 is 17.6 Å². The summed E-state index contributed by atoms with van der Waals surface area (Å²) in [5, 5.41) is 13.0. The van der Waals surface area contributed by atoms with E-state index < -0.39 is 28.4 Å². The van der Waals surface area contributed by atoms with E-state index in [0.717, 1.165) is 12.1 Å². The van der Waals surface area contributed by atoms with E-state index in [2.05, 4.69) is 10.1 Å². The maximum absolute atomic E-state index is 13.5. The van der Waals surface area contributed by atoms with Crippen LogP contribution in [0.1, 0.15) is 18.9 Å². The predicted octanol–water partition coefficient (Wildman–Crippen LogP) is 1.34. The molecule has 0 fully saturated rings. The summed E-state index contributed by atoms with van der Waals surface area (Å²) in [6.07, 6.45) is 0.162. The third kappa shape index (κ3) is 4.51. The number of hydrogen-bond acceptors (Lipinski definition) is 5. The van der Waals surface area contributed by atoms with E-state index in [9.17, 15) is 24.1 Å². The van der Waals surface area contributed by atoms with Gasteiger partial charge in [0.2, 0.25) is 11.7 Å². The van der Waals surface area contributed by atoms with E-state index in [0.29, 0.717) is 5.56 Å². The van der Waals surface area contributed by atoms with Gasteiger partial charge in [-0.15, -0.1) is 0 Å². The Balaban J connectivity index is 2.93. The topological polar surface area (TPSA) is 98.5 Å². The van der Waals surface area contributed by atoms with Gasteiger partial charge in [0, 0.05) is 18.9 Å². The van der Waals surface area contributed by atoms with Crippen LogP contribution >= 0.6 is 0 Å². The predicted molar refractivity (Wildman–Crippen MR) is 71.0 cm³/mol. The number of benzene rings is 1. The molecule has 1 aromatic carbocycles. The van der Waals surface area contributed by atoms with Crippen molar-refractivity contribution < 1.29 is 23.6 Å². The van der Waals surface area contributed by atoms with Crippen LogP contribution in [0, 0.1) is 15.9 Å². The molecule has 1 aromatic rings. The minimum atomic E-state index is -0.997. The Bertz CT molecular complexity index is 561. The SMILES string of the molecule is CCC(=O)N[C@H](Cc1ccc([N+](=O)[O-])c(F)c1)C(=O)OC. The molecule has 7 nitrogen and oxygen atoms in total. The van der Waals surface area contributed by atoms with Crippen molar-refractivity contribution in [3.63, 3.8) is 0 Å². The number of carbonyl (C=O) groups is 2. The van der Waals surface area contributed by atoms with Crippen LogP contribution in [0.2, 0.25) is 0 Å². The maximum atomic E-state index is 13.5. The van der Waals surface area contributed by atoms with Gasteiger partial charge < -0.3 is 10.1 Å². The van der Waals surface area contributed by atoms with Gasteiger partial charge in [-0.05, 0) is 11.6 Å². The summed E-state index contributed by atoms with van der Waals surface area (Å²) < 4.78 is 18.1. The molecule has 0 aliphatic rings. The Morgan fingerprint density at radius 2 is 2.14 bits per heavy atom.